The molecule has 1 amide bonds. The van der Waals surface area contributed by atoms with Crippen LogP contribution in [0.15, 0.2) is 30.3 Å². The molecule has 1 heterocycles. The molecule has 2 N–H and O–H groups in total. The fourth-order valence-corrected chi connectivity index (χ4v) is 2.73. The SMILES string of the molecule is O=C(O)N1CCC(CCc2ccccc2)(C(=O)O)CC1. The Balaban J connectivity index is 2.01. The molecule has 2 rings (SSSR count). The van der Waals surface area contributed by atoms with E-state index in [9.17, 15) is 14.7 Å². The summed E-state index contributed by atoms with van der Waals surface area (Å²) in [4.78, 5) is 23.8. The first-order valence-electron chi connectivity index (χ1n) is 6.79. The summed E-state index contributed by atoms with van der Waals surface area (Å²) in [5, 5.41) is 18.5. The molecule has 0 saturated carbocycles. The van der Waals surface area contributed by atoms with Crippen LogP contribution in [0.25, 0.3) is 0 Å². The monoisotopic (exact) mass is 277 g/mol. The van der Waals surface area contributed by atoms with Gasteiger partial charge >= 0.3 is 12.1 Å². The van der Waals surface area contributed by atoms with Crippen molar-refractivity contribution < 1.29 is 19.8 Å². The summed E-state index contributed by atoms with van der Waals surface area (Å²) in [5.41, 5.74) is 0.329. The Labute approximate surface area is 117 Å². The molecule has 1 aliphatic rings. The predicted octanol–water partition coefficient (Wildman–Crippen LogP) is 2.46. The summed E-state index contributed by atoms with van der Waals surface area (Å²) in [6, 6.07) is 9.79. The summed E-state index contributed by atoms with van der Waals surface area (Å²) < 4.78 is 0. The number of carboxylic acid groups (broad SMARTS) is 2. The highest BCUT2D eigenvalue weighted by molar-refractivity contribution is 5.75. The third-order valence-corrected chi connectivity index (χ3v) is 4.18. The quantitative estimate of drug-likeness (QED) is 0.886. The van der Waals surface area contributed by atoms with Gasteiger partial charge in [0.05, 0.1) is 5.41 Å². The van der Waals surface area contributed by atoms with Gasteiger partial charge in [-0.2, -0.15) is 0 Å². The molecule has 0 bridgehead atoms. The van der Waals surface area contributed by atoms with E-state index < -0.39 is 17.5 Å². The van der Waals surface area contributed by atoms with Crippen LogP contribution in [0.5, 0.6) is 0 Å². The van der Waals surface area contributed by atoms with E-state index in [0.717, 1.165) is 5.56 Å². The molecule has 1 aromatic rings. The second-order valence-corrected chi connectivity index (χ2v) is 5.34. The van der Waals surface area contributed by atoms with Crippen LogP contribution in [-0.2, 0) is 11.2 Å². The number of aryl methyl sites for hydroxylation is 1. The maximum atomic E-state index is 11.6. The highest BCUT2D eigenvalue weighted by Crippen LogP contribution is 2.36. The van der Waals surface area contributed by atoms with Gasteiger partial charge in [0.2, 0.25) is 0 Å². The molecule has 0 radical (unpaired) electrons. The van der Waals surface area contributed by atoms with Crippen molar-refractivity contribution in [2.24, 2.45) is 5.41 Å². The van der Waals surface area contributed by atoms with E-state index in [1.54, 1.807) is 0 Å². The molecule has 1 aromatic carbocycles. The van der Waals surface area contributed by atoms with Gasteiger partial charge in [0, 0.05) is 13.1 Å². The number of benzene rings is 1. The Hall–Kier alpha value is -2.04. The molecule has 5 nitrogen and oxygen atoms in total. The van der Waals surface area contributed by atoms with Crippen LogP contribution in [0.2, 0.25) is 0 Å². The van der Waals surface area contributed by atoms with Crippen LogP contribution in [0.3, 0.4) is 0 Å². The molecule has 0 atom stereocenters. The van der Waals surface area contributed by atoms with Gasteiger partial charge in [-0.15, -0.1) is 0 Å². The van der Waals surface area contributed by atoms with Crippen molar-refractivity contribution in [3.05, 3.63) is 35.9 Å². The summed E-state index contributed by atoms with van der Waals surface area (Å²) >= 11 is 0. The molecule has 20 heavy (non-hydrogen) atoms. The van der Waals surface area contributed by atoms with E-state index in [4.69, 9.17) is 5.11 Å². The molecule has 0 aromatic heterocycles. The second kappa shape index (κ2) is 5.94. The van der Waals surface area contributed by atoms with Gasteiger partial charge in [-0.25, -0.2) is 4.79 Å². The zero-order chi connectivity index (χ0) is 14.6. The Bertz CT molecular complexity index is 478. The van der Waals surface area contributed by atoms with Gasteiger partial charge in [0.25, 0.3) is 0 Å². The van der Waals surface area contributed by atoms with Gasteiger partial charge < -0.3 is 15.1 Å². The topological polar surface area (TPSA) is 77.8 Å². The molecule has 5 heteroatoms. The Kier molecular flexibility index (Phi) is 4.27. The summed E-state index contributed by atoms with van der Waals surface area (Å²) in [7, 11) is 0. The molecule has 0 unspecified atom stereocenters. The molecule has 1 fully saturated rings. The summed E-state index contributed by atoms with van der Waals surface area (Å²) in [6.45, 7) is 0.604. The van der Waals surface area contributed by atoms with E-state index in [2.05, 4.69) is 0 Å². The smallest absolute Gasteiger partial charge is 0.407 e. The minimum atomic E-state index is -0.966. The number of piperidine rings is 1. The fourth-order valence-electron chi connectivity index (χ4n) is 2.73. The molecular weight excluding hydrogens is 258 g/mol. The lowest BCUT2D eigenvalue weighted by Gasteiger charge is -2.37. The zero-order valence-electron chi connectivity index (χ0n) is 11.3. The molecular formula is C15H19NO4. The lowest BCUT2D eigenvalue weighted by Crippen LogP contribution is -2.46. The number of amides is 1. The van der Waals surface area contributed by atoms with Gasteiger partial charge in [-0.05, 0) is 31.2 Å². The average molecular weight is 277 g/mol. The standard InChI is InChI=1S/C15H19NO4/c17-13(18)15(7-6-12-4-2-1-3-5-12)8-10-16(11-9-15)14(19)20/h1-5H,6-11H2,(H,17,18)(H,19,20). The van der Waals surface area contributed by atoms with Crippen molar-refractivity contribution >= 4 is 12.1 Å². The molecule has 0 aliphatic carbocycles. The van der Waals surface area contributed by atoms with E-state index in [-0.39, 0.29) is 0 Å². The second-order valence-electron chi connectivity index (χ2n) is 5.34. The van der Waals surface area contributed by atoms with Crippen LogP contribution in [0.4, 0.5) is 4.79 Å². The van der Waals surface area contributed by atoms with Crippen molar-refractivity contribution in [2.75, 3.05) is 13.1 Å². The van der Waals surface area contributed by atoms with Crippen LogP contribution in [0, 0.1) is 5.41 Å². The first-order chi connectivity index (χ1) is 9.53. The third-order valence-electron chi connectivity index (χ3n) is 4.18. The van der Waals surface area contributed by atoms with Crippen LogP contribution in [-0.4, -0.2) is 40.3 Å². The first-order valence-corrected chi connectivity index (χ1v) is 6.79. The number of hydrogen-bond donors (Lipinski definition) is 2. The third kappa shape index (κ3) is 3.10. The largest absolute Gasteiger partial charge is 0.481 e. The Morgan fingerprint density at radius 3 is 2.20 bits per heavy atom. The van der Waals surface area contributed by atoms with Crippen LogP contribution >= 0.6 is 0 Å². The number of aliphatic carboxylic acids is 1. The zero-order valence-corrected chi connectivity index (χ0v) is 11.3. The molecule has 1 aliphatic heterocycles. The van der Waals surface area contributed by atoms with Gasteiger partial charge in [-0.1, -0.05) is 30.3 Å². The summed E-state index contributed by atoms with van der Waals surface area (Å²) in [6.07, 6.45) is 1.08. The number of carbonyl (C=O) groups is 2. The Morgan fingerprint density at radius 1 is 1.10 bits per heavy atom. The van der Waals surface area contributed by atoms with Crippen LogP contribution < -0.4 is 0 Å². The van der Waals surface area contributed by atoms with E-state index in [1.807, 2.05) is 30.3 Å². The predicted molar refractivity (Wildman–Crippen MR) is 73.7 cm³/mol. The number of rotatable bonds is 4. The van der Waals surface area contributed by atoms with E-state index >= 15 is 0 Å². The normalized spacial score (nSPS) is 17.7. The highest BCUT2D eigenvalue weighted by Gasteiger charge is 2.41. The van der Waals surface area contributed by atoms with Crippen molar-refractivity contribution in [1.82, 2.24) is 4.90 Å². The number of hydrogen-bond acceptors (Lipinski definition) is 2. The van der Waals surface area contributed by atoms with Gasteiger partial charge in [0.1, 0.15) is 0 Å². The van der Waals surface area contributed by atoms with Gasteiger partial charge in [-0.3, -0.25) is 4.79 Å². The maximum absolute atomic E-state index is 11.6. The van der Waals surface area contributed by atoms with Crippen molar-refractivity contribution in [3.8, 4) is 0 Å². The summed E-state index contributed by atoms with van der Waals surface area (Å²) in [5.74, 6) is -0.807. The number of likely N-dealkylation sites (tertiary alicyclic amines) is 1. The number of carboxylic acids is 1. The number of nitrogens with zero attached hydrogens (tertiary/aromatic N) is 1. The van der Waals surface area contributed by atoms with Crippen molar-refractivity contribution in [3.63, 3.8) is 0 Å². The maximum Gasteiger partial charge on any atom is 0.407 e. The minimum Gasteiger partial charge on any atom is -0.481 e. The lowest BCUT2D eigenvalue weighted by molar-refractivity contribution is -0.152. The molecule has 0 spiro atoms. The van der Waals surface area contributed by atoms with E-state index in [1.165, 1.54) is 4.90 Å². The van der Waals surface area contributed by atoms with Crippen molar-refractivity contribution in [1.29, 1.82) is 0 Å². The Morgan fingerprint density at radius 2 is 1.70 bits per heavy atom. The first kappa shape index (κ1) is 14.4. The highest BCUT2D eigenvalue weighted by atomic mass is 16.4. The lowest BCUT2D eigenvalue weighted by atomic mass is 9.74. The minimum absolute atomic E-state index is 0.302. The van der Waals surface area contributed by atoms with Crippen molar-refractivity contribution in [2.45, 2.75) is 25.7 Å². The van der Waals surface area contributed by atoms with E-state index in [0.29, 0.717) is 38.8 Å². The molecule has 1 saturated heterocycles. The van der Waals surface area contributed by atoms with Gasteiger partial charge in [0.15, 0.2) is 0 Å². The average Bonchev–Trinajstić information content (AvgIpc) is 2.46. The van der Waals surface area contributed by atoms with Crippen LogP contribution in [0.1, 0.15) is 24.8 Å². The molecule has 108 valence electrons. The fraction of sp³-hybridized carbons (Fsp3) is 0.467.